The number of amides is 1. The number of ether oxygens (including phenoxy) is 2. The molecule has 0 aliphatic carbocycles. The molecule has 2 aliphatic rings. The Hall–Kier alpha value is -5.35. The summed E-state index contributed by atoms with van der Waals surface area (Å²) in [6.07, 6.45) is 9.62. The average molecular weight is 817 g/mol. The van der Waals surface area contributed by atoms with Gasteiger partial charge in [-0.3, -0.25) is 14.9 Å². The normalized spacial score (nSPS) is 14.7. The summed E-state index contributed by atoms with van der Waals surface area (Å²) in [5.41, 5.74) is 4.07. The van der Waals surface area contributed by atoms with Gasteiger partial charge in [-0.25, -0.2) is 14.6 Å². The number of allylic oxidation sites excluding steroid dienone is 2. The summed E-state index contributed by atoms with van der Waals surface area (Å²) >= 11 is 3.60. The number of cyclic esters (lactones) is 1. The van der Waals surface area contributed by atoms with E-state index in [4.69, 9.17) is 29.3 Å². The Morgan fingerprint density at radius 1 is 1.11 bits per heavy atom. The zero-order valence-corrected chi connectivity index (χ0v) is 31.1. The number of aliphatic carboxylic acids is 1. The molecule has 3 aromatic heterocycles. The fourth-order valence-electron chi connectivity index (χ4n) is 5.52. The number of hydrogen-bond donors (Lipinski definition) is 3. The number of nitrogens with zero attached hydrogens (tertiary/aromatic N) is 7. The van der Waals surface area contributed by atoms with Crippen molar-refractivity contribution in [2.24, 2.45) is 0 Å². The number of methoxy groups -OCH3 is 1. The second-order valence-electron chi connectivity index (χ2n) is 11.6. The summed E-state index contributed by atoms with van der Waals surface area (Å²) in [5, 5.41) is 15.0. The predicted molar refractivity (Wildman–Crippen MR) is 201 cm³/mol. The fraction of sp³-hybridized carbons (Fsp3) is 0.265. The molecule has 6 rings (SSSR count). The van der Waals surface area contributed by atoms with E-state index < -0.39 is 20.1 Å². The maximum Gasteiger partial charge on any atom is 0.490 e. The quantitative estimate of drug-likeness (QED) is 0.146. The Morgan fingerprint density at radius 2 is 1.83 bits per heavy atom. The third kappa shape index (κ3) is 9.37. The Balaban J connectivity index is 0.000000705. The molecule has 2 aliphatic heterocycles. The molecule has 1 aromatic carbocycles. The molecule has 278 valence electrons. The molecular weight excluding hydrogens is 782 g/mol. The molecule has 0 spiro atoms. The van der Waals surface area contributed by atoms with Gasteiger partial charge in [-0.2, -0.15) is 23.1 Å². The summed E-state index contributed by atoms with van der Waals surface area (Å²) in [7, 11) is 1.07. The highest BCUT2D eigenvalue weighted by Crippen LogP contribution is 2.36. The Kier molecular flexibility index (Phi) is 12.5. The third-order valence-corrected chi connectivity index (χ3v) is 9.86. The zero-order valence-electron chi connectivity index (χ0n) is 28.6. The van der Waals surface area contributed by atoms with Gasteiger partial charge in [0.1, 0.15) is 17.3 Å². The highest BCUT2D eigenvalue weighted by molar-refractivity contribution is 9.10. The number of piperidine rings is 1. The summed E-state index contributed by atoms with van der Waals surface area (Å²) in [4.78, 5) is 48.3. The van der Waals surface area contributed by atoms with Crippen molar-refractivity contribution in [1.82, 2.24) is 29.8 Å². The van der Waals surface area contributed by atoms with Crippen LogP contribution in [0.3, 0.4) is 0 Å². The molecule has 0 atom stereocenters. The van der Waals surface area contributed by atoms with Gasteiger partial charge in [0.25, 0.3) is 0 Å². The van der Waals surface area contributed by atoms with Gasteiger partial charge >= 0.3 is 18.2 Å². The van der Waals surface area contributed by atoms with Crippen LogP contribution in [-0.4, -0.2) is 92.7 Å². The zero-order chi connectivity index (χ0) is 38.3. The lowest BCUT2D eigenvalue weighted by molar-refractivity contribution is -0.192. The molecule has 1 fully saturated rings. The molecule has 5 heterocycles. The minimum atomic E-state index is -5.08. The number of carbonyl (C=O) groups excluding carboxylic acids is 1. The van der Waals surface area contributed by atoms with E-state index in [1.165, 1.54) is 6.26 Å². The second-order valence-corrected chi connectivity index (χ2v) is 14.7. The van der Waals surface area contributed by atoms with Crippen LogP contribution < -0.4 is 25.6 Å². The number of benzene rings is 1. The first-order valence-electron chi connectivity index (χ1n) is 15.9. The lowest BCUT2D eigenvalue weighted by Crippen LogP contribution is -2.45. The van der Waals surface area contributed by atoms with Gasteiger partial charge in [0, 0.05) is 60.5 Å². The van der Waals surface area contributed by atoms with E-state index in [2.05, 4.69) is 66.3 Å². The van der Waals surface area contributed by atoms with Gasteiger partial charge in [-0.15, -0.1) is 0 Å². The SMILES string of the molecule is C=Cc1cc(Nc2ncc(Br)c(Nc3ccc4nccnc4c3P(C)C)n2)c(OC)nc1N1CCC(N2C=CC=COC2=O)CC1.O=C(O)C(F)(F)F. The first kappa shape index (κ1) is 38.9. The minimum absolute atomic E-state index is 0.0347. The van der Waals surface area contributed by atoms with Gasteiger partial charge in [0.15, 0.2) is 0 Å². The first-order valence-corrected chi connectivity index (χ1v) is 18.9. The Morgan fingerprint density at radius 3 is 2.49 bits per heavy atom. The average Bonchev–Trinajstić information content (AvgIpc) is 3.36. The molecule has 1 saturated heterocycles. The molecule has 0 saturated carbocycles. The number of rotatable bonds is 9. The van der Waals surface area contributed by atoms with Crippen molar-refractivity contribution in [3.8, 4) is 5.88 Å². The van der Waals surface area contributed by atoms with Crippen molar-refractivity contribution in [2.45, 2.75) is 25.1 Å². The number of anilines is 5. The highest BCUT2D eigenvalue weighted by Gasteiger charge is 2.38. The molecular formula is C34H34BrF3N9O5P. The van der Waals surface area contributed by atoms with Crippen LogP contribution in [0.2, 0.25) is 0 Å². The van der Waals surface area contributed by atoms with Gasteiger partial charge in [0.2, 0.25) is 11.8 Å². The molecule has 19 heteroatoms. The predicted octanol–water partition coefficient (Wildman–Crippen LogP) is 7.16. The van der Waals surface area contributed by atoms with E-state index in [-0.39, 0.29) is 12.1 Å². The van der Waals surface area contributed by atoms with Crippen molar-refractivity contribution in [3.63, 3.8) is 0 Å². The van der Waals surface area contributed by atoms with E-state index in [9.17, 15) is 18.0 Å². The van der Waals surface area contributed by atoms with E-state index in [1.54, 1.807) is 49.0 Å². The van der Waals surface area contributed by atoms with E-state index >= 15 is 0 Å². The molecule has 0 unspecified atom stereocenters. The molecule has 14 nitrogen and oxygen atoms in total. The summed E-state index contributed by atoms with van der Waals surface area (Å²) < 4.78 is 43.3. The first-order chi connectivity index (χ1) is 25.3. The monoisotopic (exact) mass is 815 g/mol. The highest BCUT2D eigenvalue weighted by atomic mass is 79.9. The van der Waals surface area contributed by atoms with Crippen LogP contribution in [-0.2, 0) is 9.53 Å². The lowest BCUT2D eigenvalue weighted by atomic mass is 10.0. The third-order valence-electron chi connectivity index (χ3n) is 7.93. The number of aromatic nitrogens is 5. The van der Waals surface area contributed by atoms with Gasteiger partial charge in [-0.05, 0) is 72.5 Å². The maximum absolute atomic E-state index is 12.4. The van der Waals surface area contributed by atoms with Gasteiger partial charge < -0.3 is 30.1 Å². The minimum Gasteiger partial charge on any atom is -0.479 e. The smallest absolute Gasteiger partial charge is 0.479 e. The Bertz CT molecular complexity index is 2060. The molecule has 53 heavy (non-hydrogen) atoms. The van der Waals surface area contributed by atoms with E-state index in [0.717, 1.165) is 46.2 Å². The van der Waals surface area contributed by atoms with E-state index in [0.29, 0.717) is 40.9 Å². The molecule has 0 radical (unpaired) electrons. The van der Waals surface area contributed by atoms with Crippen LogP contribution >= 0.6 is 23.9 Å². The number of nitrogens with one attached hydrogen (secondary N) is 2. The largest absolute Gasteiger partial charge is 0.490 e. The van der Waals surface area contributed by atoms with Crippen LogP contribution in [0.4, 0.5) is 46.9 Å². The molecule has 0 bridgehead atoms. The topological polar surface area (TPSA) is 168 Å². The van der Waals surface area contributed by atoms with Crippen molar-refractivity contribution in [3.05, 3.63) is 78.0 Å². The Labute approximate surface area is 311 Å². The summed E-state index contributed by atoms with van der Waals surface area (Å²) in [6, 6.07) is 5.93. The number of pyridine rings is 1. The molecule has 3 N–H and O–H groups in total. The number of hydrogen-bond acceptors (Lipinski definition) is 12. The number of carboxylic acid groups (broad SMARTS) is 1. The number of alkyl halides is 3. The van der Waals surface area contributed by atoms with Crippen LogP contribution in [0.5, 0.6) is 5.88 Å². The number of carbonyl (C=O) groups is 2. The van der Waals surface area contributed by atoms with Crippen LogP contribution in [0.15, 0.2) is 72.5 Å². The molecule has 4 aromatic rings. The number of carboxylic acids is 1. The molecule has 1 amide bonds. The van der Waals surface area contributed by atoms with Crippen LogP contribution in [0.1, 0.15) is 18.4 Å². The number of halogens is 4. The second kappa shape index (κ2) is 17.0. The fourth-order valence-corrected chi connectivity index (χ4v) is 7.02. The lowest BCUT2D eigenvalue weighted by Gasteiger charge is -2.37. The van der Waals surface area contributed by atoms with Crippen molar-refractivity contribution in [2.75, 3.05) is 49.1 Å². The van der Waals surface area contributed by atoms with Crippen molar-refractivity contribution < 1.29 is 37.3 Å². The standard InChI is InChI=1S/C32H33BrN9O3P.C2HF3O2/c1-5-20-18-25(30(44-2)40-29(20)41-15-10-21(11-16-41)42-14-6-7-17-45-32(42)43)38-31-36-19-22(33)28(39-31)37-24-9-8-23-26(27(24)46(3)4)35-13-12-34-23;3-2(4,5)1(6)7/h5-9,12-14,17-19,21H,1,10-11,15-16H2,2-4H3,(H2,36,37,38,39);(H,6,7). The van der Waals surface area contributed by atoms with Crippen LogP contribution in [0, 0.1) is 0 Å². The van der Waals surface area contributed by atoms with E-state index in [1.807, 2.05) is 24.3 Å². The van der Waals surface area contributed by atoms with Crippen molar-refractivity contribution >= 4 is 87.3 Å². The summed E-state index contributed by atoms with van der Waals surface area (Å²) in [5.74, 6) is -0.653. The summed E-state index contributed by atoms with van der Waals surface area (Å²) in [6.45, 7) is 9.82. The number of fused-ring (bicyclic) bond motifs is 1. The van der Waals surface area contributed by atoms with Crippen molar-refractivity contribution in [1.29, 1.82) is 0 Å². The van der Waals surface area contributed by atoms with Gasteiger partial charge in [0.05, 0.1) is 28.9 Å². The van der Waals surface area contributed by atoms with Gasteiger partial charge in [-0.1, -0.05) is 20.6 Å². The van der Waals surface area contributed by atoms with Crippen LogP contribution in [0.25, 0.3) is 17.1 Å². The maximum atomic E-state index is 12.4.